The highest BCUT2D eigenvalue weighted by Gasteiger charge is 2.32. The van der Waals surface area contributed by atoms with Crippen LogP contribution < -0.4 is 10.1 Å². The first-order chi connectivity index (χ1) is 16.0. The van der Waals surface area contributed by atoms with Crippen molar-refractivity contribution in [1.82, 2.24) is 20.1 Å². The summed E-state index contributed by atoms with van der Waals surface area (Å²) in [4.78, 5) is 31.4. The third-order valence-electron chi connectivity index (χ3n) is 5.98. The number of aromatic nitrogens is 1. The number of likely N-dealkylation sites (N-methyl/N-ethyl adjacent to an activating group) is 1. The number of ether oxygens (including phenoxy) is 1. The summed E-state index contributed by atoms with van der Waals surface area (Å²) in [6.07, 6.45) is 1.78. The molecule has 8 heteroatoms. The summed E-state index contributed by atoms with van der Waals surface area (Å²) in [5, 5.41) is 13.7. The molecular formula is C25H30N4O4. The first-order valence-electron chi connectivity index (χ1n) is 11.3. The molecule has 1 amide bonds. The van der Waals surface area contributed by atoms with Crippen molar-refractivity contribution in [3.8, 4) is 5.75 Å². The van der Waals surface area contributed by atoms with E-state index in [0.29, 0.717) is 51.6 Å². The van der Waals surface area contributed by atoms with Crippen molar-refractivity contribution >= 4 is 22.8 Å². The van der Waals surface area contributed by atoms with Gasteiger partial charge in [-0.3, -0.25) is 19.4 Å². The lowest BCUT2D eigenvalue weighted by atomic mass is 10.0. The molecule has 0 saturated carbocycles. The summed E-state index contributed by atoms with van der Waals surface area (Å²) >= 11 is 0. The van der Waals surface area contributed by atoms with E-state index < -0.39 is 12.0 Å². The van der Waals surface area contributed by atoms with Crippen molar-refractivity contribution in [3.05, 3.63) is 65.9 Å². The van der Waals surface area contributed by atoms with Crippen LogP contribution in [0.15, 0.2) is 54.7 Å². The Labute approximate surface area is 193 Å². The molecule has 1 fully saturated rings. The molecule has 0 bridgehead atoms. The van der Waals surface area contributed by atoms with Crippen LogP contribution in [0.5, 0.6) is 5.75 Å². The first kappa shape index (κ1) is 22.8. The van der Waals surface area contributed by atoms with E-state index in [2.05, 4.69) is 15.2 Å². The lowest BCUT2D eigenvalue weighted by Gasteiger charge is -2.37. The Bertz CT molecular complexity index is 1090. The molecule has 174 valence electrons. The van der Waals surface area contributed by atoms with Crippen LogP contribution in [0, 0.1) is 0 Å². The monoisotopic (exact) mass is 450 g/mol. The number of hydrogen-bond acceptors (Lipinski definition) is 5. The molecule has 0 aliphatic carbocycles. The second kappa shape index (κ2) is 10.5. The number of piperazine rings is 1. The first-order valence-corrected chi connectivity index (χ1v) is 11.3. The van der Waals surface area contributed by atoms with Crippen LogP contribution in [0.3, 0.4) is 0 Å². The summed E-state index contributed by atoms with van der Waals surface area (Å²) in [5.74, 6) is -0.188. The van der Waals surface area contributed by atoms with Crippen molar-refractivity contribution in [2.24, 2.45) is 0 Å². The number of amides is 1. The topological polar surface area (TPSA) is 97.9 Å². The Kier molecular flexibility index (Phi) is 7.26. The number of fused-ring (bicyclic) bond motifs is 1. The minimum Gasteiger partial charge on any atom is -0.489 e. The molecule has 2 aromatic carbocycles. The lowest BCUT2D eigenvalue weighted by Crippen LogP contribution is -2.51. The van der Waals surface area contributed by atoms with Gasteiger partial charge in [0.25, 0.3) is 0 Å². The number of carboxylic acid groups (broad SMARTS) is 1. The van der Waals surface area contributed by atoms with Gasteiger partial charge in [0.05, 0.1) is 6.54 Å². The van der Waals surface area contributed by atoms with Crippen LogP contribution in [-0.4, -0.2) is 71.0 Å². The van der Waals surface area contributed by atoms with Crippen molar-refractivity contribution in [2.45, 2.75) is 19.6 Å². The largest absolute Gasteiger partial charge is 0.489 e. The Hall–Kier alpha value is -3.36. The summed E-state index contributed by atoms with van der Waals surface area (Å²) in [6, 6.07) is 14.9. The van der Waals surface area contributed by atoms with Gasteiger partial charge in [-0.1, -0.05) is 30.3 Å². The molecule has 0 spiro atoms. The van der Waals surface area contributed by atoms with Gasteiger partial charge >= 0.3 is 5.97 Å². The van der Waals surface area contributed by atoms with Gasteiger partial charge in [-0.2, -0.15) is 0 Å². The maximum Gasteiger partial charge on any atom is 0.325 e. The Morgan fingerprint density at radius 1 is 1.12 bits per heavy atom. The van der Waals surface area contributed by atoms with E-state index in [-0.39, 0.29) is 5.91 Å². The smallest absolute Gasteiger partial charge is 0.325 e. The van der Waals surface area contributed by atoms with E-state index in [1.54, 1.807) is 6.20 Å². The lowest BCUT2D eigenvalue weighted by molar-refractivity contribution is -0.144. The van der Waals surface area contributed by atoms with Gasteiger partial charge in [-0.25, -0.2) is 0 Å². The minimum absolute atomic E-state index is 0.000366. The number of aliphatic carboxylic acids is 1. The number of benzene rings is 2. The molecule has 4 rings (SSSR count). The molecule has 8 nitrogen and oxygen atoms in total. The van der Waals surface area contributed by atoms with E-state index >= 15 is 0 Å². The zero-order chi connectivity index (χ0) is 23.2. The fraction of sp³-hybridized carbons (Fsp3) is 0.360. The summed E-state index contributed by atoms with van der Waals surface area (Å²) < 4.78 is 5.96. The maximum atomic E-state index is 12.3. The van der Waals surface area contributed by atoms with E-state index in [1.807, 2.05) is 60.4 Å². The van der Waals surface area contributed by atoms with Crippen LogP contribution in [0.4, 0.5) is 0 Å². The third-order valence-corrected chi connectivity index (χ3v) is 5.98. The highest BCUT2D eigenvalue weighted by Crippen LogP contribution is 2.32. The Morgan fingerprint density at radius 2 is 1.88 bits per heavy atom. The van der Waals surface area contributed by atoms with E-state index in [4.69, 9.17) is 4.74 Å². The number of hydrogen-bond donors (Lipinski definition) is 3. The van der Waals surface area contributed by atoms with Gasteiger partial charge in [0, 0.05) is 55.4 Å². The highest BCUT2D eigenvalue weighted by atomic mass is 16.5. The van der Waals surface area contributed by atoms with E-state index in [0.717, 1.165) is 22.0 Å². The van der Waals surface area contributed by atoms with Crippen molar-refractivity contribution in [1.29, 1.82) is 0 Å². The molecular weight excluding hydrogens is 420 g/mol. The summed E-state index contributed by atoms with van der Waals surface area (Å²) in [6.45, 7) is 5.74. The van der Waals surface area contributed by atoms with Gasteiger partial charge < -0.3 is 20.1 Å². The van der Waals surface area contributed by atoms with Gasteiger partial charge in [0.15, 0.2) is 0 Å². The molecule has 1 atom stereocenters. The van der Waals surface area contributed by atoms with Crippen molar-refractivity contribution < 1.29 is 19.4 Å². The van der Waals surface area contributed by atoms with Crippen LogP contribution in [-0.2, 0) is 16.2 Å². The number of carbonyl (C=O) groups is 2. The minimum atomic E-state index is -0.885. The number of H-pyrrole nitrogens is 1. The van der Waals surface area contributed by atoms with Crippen LogP contribution in [0.1, 0.15) is 24.1 Å². The fourth-order valence-corrected chi connectivity index (χ4v) is 4.30. The standard InChI is InChI=1S/C25H30N4O4/c1-2-26-23(30)16-28-10-12-29(13-11-28)24(25(31)32)21-15-27-22-9-8-19(14-20(21)22)33-17-18-6-4-3-5-7-18/h3-9,14-15,24,27H,2,10-13,16-17H2,1H3,(H,26,30)(H,31,32). The van der Waals surface area contributed by atoms with Crippen molar-refractivity contribution in [3.63, 3.8) is 0 Å². The van der Waals surface area contributed by atoms with Crippen molar-refractivity contribution in [2.75, 3.05) is 39.3 Å². The van der Waals surface area contributed by atoms with Gasteiger partial charge in [0.1, 0.15) is 18.4 Å². The number of nitrogens with one attached hydrogen (secondary N) is 2. The molecule has 1 aliphatic rings. The predicted octanol–water partition coefficient (Wildman–Crippen LogP) is 2.63. The quantitative estimate of drug-likeness (QED) is 0.464. The highest BCUT2D eigenvalue weighted by molar-refractivity contribution is 5.90. The zero-order valence-corrected chi connectivity index (χ0v) is 18.8. The SMILES string of the molecule is CCNC(=O)CN1CCN(C(C(=O)O)c2c[nH]c3ccc(OCc4ccccc4)cc23)CC1. The second-order valence-corrected chi connectivity index (χ2v) is 8.23. The van der Waals surface area contributed by atoms with Gasteiger partial charge in [-0.05, 0) is 30.7 Å². The molecule has 1 unspecified atom stereocenters. The molecule has 0 radical (unpaired) electrons. The van der Waals surface area contributed by atoms with Crippen LogP contribution in [0.25, 0.3) is 10.9 Å². The zero-order valence-electron chi connectivity index (χ0n) is 18.8. The molecule has 1 aromatic heterocycles. The second-order valence-electron chi connectivity index (χ2n) is 8.23. The summed E-state index contributed by atoms with van der Waals surface area (Å²) in [5.41, 5.74) is 2.67. The molecule has 33 heavy (non-hydrogen) atoms. The Morgan fingerprint density at radius 3 is 2.58 bits per heavy atom. The fourth-order valence-electron chi connectivity index (χ4n) is 4.30. The number of rotatable bonds is 9. The molecule has 2 heterocycles. The average Bonchev–Trinajstić information content (AvgIpc) is 3.22. The molecule has 1 aliphatic heterocycles. The normalized spacial score (nSPS) is 15.9. The molecule has 1 saturated heterocycles. The van der Waals surface area contributed by atoms with Crippen LogP contribution in [0.2, 0.25) is 0 Å². The number of carbonyl (C=O) groups excluding carboxylic acids is 1. The third kappa shape index (κ3) is 5.53. The Balaban J connectivity index is 1.48. The average molecular weight is 451 g/mol. The number of nitrogens with zero attached hydrogens (tertiary/aromatic N) is 2. The van der Waals surface area contributed by atoms with E-state index in [1.165, 1.54) is 0 Å². The predicted molar refractivity (Wildman–Crippen MR) is 126 cm³/mol. The van der Waals surface area contributed by atoms with Gasteiger partial charge in [-0.15, -0.1) is 0 Å². The van der Waals surface area contributed by atoms with E-state index in [9.17, 15) is 14.7 Å². The molecule has 3 N–H and O–H groups in total. The molecule has 3 aromatic rings. The number of carboxylic acids is 1. The summed E-state index contributed by atoms with van der Waals surface area (Å²) in [7, 11) is 0. The van der Waals surface area contributed by atoms with Gasteiger partial charge in [0.2, 0.25) is 5.91 Å². The maximum absolute atomic E-state index is 12.3. The number of aromatic amines is 1. The van der Waals surface area contributed by atoms with Crippen LogP contribution >= 0.6 is 0 Å².